The Bertz CT molecular complexity index is 1240. The van der Waals surface area contributed by atoms with E-state index in [1.165, 1.54) is 10.4 Å². The monoisotopic (exact) mass is 528 g/mol. The van der Waals surface area contributed by atoms with Crippen LogP contribution in [0.25, 0.3) is 0 Å². The lowest BCUT2D eigenvalue weighted by Gasteiger charge is -2.39. The molecule has 0 saturated carbocycles. The molecule has 2 aliphatic rings. The Morgan fingerprint density at radius 1 is 1.22 bits per heavy atom. The van der Waals surface area contributed by atoms with Gasteiger partial charge in [-0.2, -0.15) is 4.31 Å². The number of halogens is 1. The molecule has 0 aliphatic carbocycles. The van der Waals surface area contributed by atoms with Crippen LogP contribution in [0.15, 0.2) is 48.5 Å². The summed E-state index contributed by atoms with van der Waals surface area (Å²) in [5.74, 6) is 1.68. The van der Waals surface area contributed by atoms with E-state index >= 15 is 4.39 Å². The fraction of sp³-hybridized carbons (Fsp3) is 0.464. The van der Waals surface area contributed by atoms with E-state index in [1.807, 2.05) is 18.2 Å². The van der Waals surface area contributed by atoms with Gasteiger partial charge < -0.3 is 9.47 Å². The number of hydrogen-bond acceptors (Lipinski definition) is 6. The number of nitrogens with zero attached hydrogens (tertiary/aromatic N) is 1. The fourth-order valence-electron chi connectivity index (χ4n) is 5.20. The van der Waals surface area contributed by atoms with Gasteiger partial charge in [0.25, 0.3) is 0 Å². The van der Waals surface area contributed by atoms with Crippen molar-refractivity contribution in [3.05, 3.63) is 71.0 Å². The molecule has 0 aromatic heterocycles. The maximum atomic E-state index is 15.5. The van der Waals surface area contributed by atoms with Crippen LogP contribution in [0.3, 0.4) is 0 Å². The second-order valence-electron chi connectivity index (χ2n) is 9.41. The van der Waals surface area contributed by atoms with Crippen LogP contribution in [0.4, 0.5) is 4.39 Å². The molecule has 9 heteroatoms. The van der Waals surface area contributed by atoms with Gasteiger partial charge in [0.2, 0.25) is 10.0 Å². The smallest absolute Gasteiger partial charge is 0.319 e. The third-order valence-corrected chi connectivity index (χ3v) is 9.52. The van der Waals surface area contributed by atoms with Crippen LogP contribution in [-0.2, 0) is 36.4 Å². The minimum atomic E-state index is -3.82. The molecule has 0 radical (unpaired) electrons. The molecule has 0 bridgehead atoms. The standard InChI is InChI=1S/C28H33FN2O5S/c1-3-24-12-13-26(21-8-6-5-7-9-21)37(33,34)31(24)20-22-10-11-23(18-25(22)29)28(14-16-35-17-15-28)30-19-27(32)36-4-2/h1,5-11,18,24,26,30H,4,12-17,19-20H2,2H3/t24-,26+/m0/s1. The topological polar surface area (TPSA) is 84.9 Å². The predicted octanol–water partition coefficient (Wildman–Crippen LogP) is 3.65. The normalized spacial score (nSPS) is 23.2. The van der Waals surface area contributed by atoms with E-state index in [4.69, 9.17) is 15.9 Å². The summed E-state index contributed by atoms with van der Waals surface area (Å²) in [5, 5.41) is 2.54. The van der Waals surface area contributed by atoms with Gasteiger partial charge in [-0.05, 0) is 49.8 Å². The van der Waals surface area contributed by atoms with E-state index in [-0.39, 0.29) is 31.2 Å². The Balaban J connectivity index is 1.59. The number of hydrogen-bond donors (Lipinski definition) is 1. The number of nitrogens with one attached hydrogen (secondary N) is 1. The average Bonchev–Trinajstić information content (AvgIpc) is 2.90. The summed E-state index contributed by atoms with van der Waals surface area (Å²) in [7, 11) is -3.82. The number of carbonyl (C=O) groups is 1. The molecule has 2 aliphatic heterocycles. The maximum absolute atomic E-state index is 15.5. The van der Waals surface area contributed by atoms with E-state index in [1.54, 1.807) is 31.2 Å². The fourth-order valence-corrected chi connectivity index (χ4v) is 7.30. The van der Waals surface area contributed by atoms with E-state index in [0.29, 0.717) is 50.0 Å². The van der Waals surface area contributed by atoms with Crippen molar-refractivity contribution in [2.75, 3.05) is 26.4 Å². The summed E-state index contributed by atoms with van der Waals surface area (Å²) >= 11 is 0. The maximum Gasteiger partial charge on any atom is 0.319 e. The lowest BCUT2D eigenvalue weighted by Crippen LogP contribution is -2.49. The summed E-state index contributed by atoms with van der Waals surface area (Å²) < 4.78 is 54.5. The molecule has 1 N–H and O–H groups in total. The zero-order chi connectivity index (χ0) is 26.5. The third kappa shape index (κ3) is 5.88. The summed E-state index contributed by atoms with van der Waals surface area (Å²) in [6, 6.07) is 13.2. The van der Waals surface area contributed by atoms with Crippen molar-refractivity contribution in [2.45, 2.75) is 56.0 Å². The first-order valence-electron chi connectivity index (χ1n) is 12.6. The Labute approximate surface area is 218 Å². The number of ether oxygens (including phenoxy) is 2. The molecule has 0 unspecified atom stereocenters. The van der Waals surface area contributed by atoms with Crippen molar-refractivity contribution < 1.29 is 27.1 Å². The predicted molar refractivity (Wildman–Crippen MR) is 138 cm³/mol. The zero-order valence-corrected chi connectivity index (χ0v) is 21.8. The van der Waals surface area contributed by atoms with Crippen molar-refractivity contribution in [1.29, 1.82) is 0 Å². The minimum Gasteiger partial charge on any atom is -0.465 e. The van der Waals surface area contributed by atoms with Gasteiger partial charge in [-0.25, -0.2) is 12.8 Å². The minimum absolute atomic E-state index is 0.00600. The highest BCUT2D eigenvalue weighted by atomic mass is 32.2. The Morgan fingerprint density at radius 2 is 1.95 bits per heavy atom. The Morgan fingerprint density at radius 3 is 2.59 bits per heavy atom. The highest BCUT2D eigenvalue weighted by Gasteiger charge is 2.42. The quantitative estimate of drug-likeness (QED) is 0.416. The molecule has 2 saturated heterocycles. The number of benzene rings is 2. The highest BCUT2D eigenvalue weighted by molar-refractivity contribution is 7.89. The van der Waals surface area contributed by atoms with Crippen LogP contribution in [0, 0.1) is 18.2 Å². The average molecular weight is 529 g/mol. The van der Waals surface area contributed by atoms with Gasteiger partial charge in [0.1, 0.15) is 11.1 Å². The number of carbonyl (C=O) groups excluding carboxylic acids is 1. The number of esters is 1. The second-order valence-corrected chi connectivity index (χ2v) is 11.5. The molecular formula is C28H33FN2O5S. The van der Waals surface area contributed by atoms with Gasteiger partial charge in [0.05, 0.1) is 19.2 Å². The number of terminal acetylenes is 1. The van der Waals surface area contributed by atoms with E-state index in [2.05, 4.69) is 11.2 Å². The van der Waals surface area contributed by atoms with Crippen LogP contribution in [0.5, 0.6) is 0 Å². The largest absolute Gasteiger partial charge is 0.465 e. The summed E-state index contributed by atoms with van der Waals surface area (Å²) in [5.41, 5.74) is 0.974. The molecule has 2 aromatic rings. The summed E-state index contributed by atoms with van der Waals surface area (Å²) in [6.45, 7) is 2.80. The van der Waals surface area contributed by atoms with Crippen LogP contribution >= 0.6 is 0 Å². The first kappa shape index (κ1) is 27.3. The molecule has 2 aromatic carbocycles. The first-order valence-corrected chi connectivity index (χ1v) is 14.1. The van der Waals surface area contributed by atoms with Gasteiger partial charge in [0, 0.05) is 30.9 Å². The molecule has 2 fully saturated rings. The van der Waals surface area contributed by atoms with Crippen molar-refractivity contribution in [3.63, 3.8) is 0 Å². The van der Waals surface area contributed by atoms with Crippen molar-refractivity contribution in [1.82, 2.24) is 9.62 Å². The first-order chi connectivity index (χ1) is 17.8. The lowest BCUT2D eigenvalue weighted by molar-refractivity contribution is -0.142. The van der Waals surface area contributed by atoms with Crippen LogP contribution in [0.2, 0.25) is 0 Å². The van der Waals surface area contributed by atoms with E-state index in [0.717, 1.165) is 0 Å². The van der Waals surface area contributed by atoms with Crippen LogP contribution in [0.1, 0.15) is 54.5 Å². The SMILES string of the molecule is C#C[C@H]1CC[C@H](c2ccccc2)S(=O)(=O)N1Cc1ccc(C2(NCC(=O)OCC)CCOCC2)cc1F. The second kappa shape index (κ2) is 11.7. The van der Waals surface area contributed by atoms with Gasteiger partial charge in [-0.15, -0.1) is 6.42 Å². The van der Waals surface area contributed by atoms with Crippen LogP contribution < -0.4 is 5.32 Å². The van der Waals surface area contributed by atoms with Crippen LogP contribution in [-0.4, -0.2) is 51.1 Å². The van der Waals surface area contributed by atoms with E-state index in [9.17, 15) is 13.2 Å². The van der Waals surface area contributed by atoms with E-state index < -0.39 is 32.7 Å². The van der Waals surface area contributed by atoms with Gasteiger partial charge in [-0.1, -0.05) is 48.4 Å². The molecule has 2 atom stereocenters. The Hall–Kier alpha value is -2.77. The van der Waals surface area contributed by atoms with Gasteiger partial charge in [-0.3, -0.25) is 10.1 Å². The number of rotatable bonds is 8. The van der Waals surface area contributed by atoms with Crippen molar-refractivity contribution in [3.8, 4) is 12.3 Å². The molecule has 7 nitrogen and oxygen atoms in total. The molecular weight excluding hydrogens is 495 g/mol. The van der Waals surface area contributed by atoms with Gasteiger partial charge in [0.15, 0.2) is 0 Å². The molecule has 37 heavy (non-hydrogen) atoms. The zero-order valence-electron chi connectivity index (χ0n) is 21.0. The Kier molecular flexibility index (Phi) is 8.65. The lowest BCUT2D eigenvalue weighted by atomic mass is 9.82. The number of sulfonamides is 1. The molecule has 2 heterocycles. The molecule has 4 rings (SSSR count). The van der Waals surface area contributed by atoms with Gasteiger partial charge >= 0.3 is 5.97 Å². The molecule has 0 amide bonds. The molecule has 198 valence electrons. The van der Waals surface area contributed by atoms with Crippen molar-refractivity contribution >= 4 is 16.0 Å². The highest BCUT2D eigenvalue weighted by Crippen LogP contribution is 2.39. The summed E-state index contributed by atoms with van der Waals surface area (Å²) in [4.78, 5) is 12.0. The third-order valence-electron chi connectivity index (χ3n) is 7.25. The summed E-state index contributed by atoms with van der Waals surface area (Å²) in [6.07, 6.45) is 7.73. The van der Waals surface area contributed by atoms with Crippen molar-refractivity contribution in [2.24, 2.45) is 0 Å². The molecule has 0 spiro atoms.